The maximum atomic E-state index is 5.45. The Balaban J connectivity index is 1.04. The average Bonchev–Trinajstić information content (AvgIpc) is 3.81. The SMILES string of the molecule is CC1=C(c2ccc3c(c2)sc2cc(-n4c5c(c6ccccc64)CCC=C5)c4ccccc4c23)NC(c2ccc3ccccc3c2)N=C1c1ccc2ccccc2c1. The lowest BCUT2D eigenvalue weighted by Crippen LogP contribution is -2.27. The monoisotopic (exact) mass is 747 g/mol. The van der Waals surface area contributed by atoms with E-state index in [2.05, 4.69) is 187 Å². The summed E-state index contributed by atoms with van der Waals surface area (Å²) in [6.45, 7) is 2.22. The van der Waals surface area contributed by atoms with E-state index in [1.165, 1.54) is 85.9 Å². The molecule has 1 unspecified atom stereocenters. The Hall–Kier alpha value is -6.75. The molecule has 2 aliphatic rings. The van der Waals surface area contributed by atoms with Crippen LogP contribution < -0.4 is 5.32 Å². The summed E-state index contributed by atoms with van der Waals surface area (Å²) in [7, 11) is 0. The van der Waals surface area contributed by atoms with Gasteiger partial charge < -0.3 is 9.88 Å². The van der Waals surface area contributed by atoms with Crippen molar-refractivity contribution in [1.29, 1.82) is 0 Å². The van der Waals surface area contributed by atoms with Crippen LogP contribution in [0.2, 0.25) is 0 Å². The Labute approximate surface area is 334 Å². The van der Waals surface area contributed by atoms with Gasteiger partial charge in [0.1, 0.15) is 6.17 Å². The topological polar surface area (TPSA) is 29.3 Å². The highest BCUT2D eigenvalue weighted by molar-refractivity contribution is 7.26. The van der Waals surface area contributed by atoms with Crippen LogP contribution in [0.1, 0.15) is 47.5 Å². The van der Waals surface area contributed by atoms with Gasteiger partial charge in [-0.1, -0.05) is 133 Å². The molecule has 10 aromatic rings. The first kappa shape index (κ1) is 32.5. The summed E-state index contributed by atoms with van der Waals surface area (Å²) in [6, 6.07) is 58.0. The van der Waals surface area contributed by atoms with Crippen molar-refractivity contribution in [3.05, 3.63) is 197 Å². The standard InChI is InChI=1S/C53H37N3S/c1-32-51(37-24-22-33-12-2-4-14-35(33)28-37)54-53(39-25-23-34-13-3-5-15-36(34)29-39)55-52(32)38-26-27-44-48(30-38)57-49-31-47(42-18-6-7-19-43(42)50(44)49)56-45-20-10-8-16-40(45)41-17-9-11-21-46(41)56/h2-8,10-16,18-31,53,55H,9,17H2,1H3. The lowest BCUT2D eigenvalue weighted by atomic mass is 9.93. The Kier molecular flexibility index (Phi) is 7.20. The lowest BCUT2D eigenvalue weighted by molar-refractivity contribution is 0.661. The van der Waals surface area contributed by atoms with E-state index in [4.69, 9.17) is 4.99 Å². The predicted octanol–water partition coefficient (Wildman–Crippen LogP) is 13.9. The van der Waals surface area contributed by atoms with E-state index in [-0.39, 0.29) is 6.17 Å². The molecule has 0 saturated heterocycles. The van der Waals surface area contributed by atoms with Crippen molar-refractivity contribution in [2.24, 2.45) is 4.99 Å². The van der Waals surface area contributed by atoms with Crippen molar-refractivity contribution in [3.8, 4) is 5.69 Å². The highest BCUT2D eigenvalue weighted by Gasteiger charge is 2.26. The van der Waals surface area contributed by atoms with Crippen molar-refractivity contribution in [2.75, 3.05) is 0 Å². The van der Waals surface area contributed by atoms with E-state index < -0.39 is 0 Å². The number of benzene rings is 8. The molecule has 1 N–H and O–H groups in total. The molecule has 0 fully saturated rings. The average molecular weight is 748 g/mol. The molecule has 12 rings (SSSR count). The van der Waals surface area contributed by atoms with Gasteiger partial charge in [-0.05, 0) is 105 Å². The Morgan fingerprint density at radius 3 is 2.16 bits per heavy atom. The number of thiophene rings is 1. The molecule has 270 valence electrons. The number of nitrogens with one attached hydrogen (secondary N) is 1. The number of fused-ring (bicyclic) bond motifs is 10. The molecular weight excluding hydrogens is 711 g/mol. The van der Waals surface area contributed by atoms with Gasteiger partial charge in [0.15, 0.2) is 0 Å². The van der Waals surface area contributed by atoms with Gasteiger partial charge in [0.2, 0.25) is 0 Å². The first-order chi connectivity index (χ1) is 28.2. The Morgan fingerprint density at radius 2 is 1.32 bits per heavy atom. The fourth-order valence-corrected chi connectivity index (χ4v) is 10.7. The number of rotatable bonds is 4. The summed E-state index contributed by atoms with van der Waals surface area (Å²) in [5.74, 6) is 0. The van der Waals surface area contributed by atoms with Gasteiger partial charge in [-0.25, -0.2) is 0 Å². The lowest BCUT2D eigenvalue weighted by Gasteiger charge is -2.28. The summed E-state index contributed by atoms with van der Waals surface area (Å²) in [5.41, 5.74) is 12.0. The summed E-state index contributed by atoms with van der Waals surface area (Å²) in [6.07, 6.45) is 6.58. The zero-order valence-corrected chi connectivity index (χ0v) is 32.3. The molecule has 1 aliphatic carbocycles. The molecular formula is C53H37N3S. The normalized spacial score (nSPS) is 15.6. The summed E-state index contributed by atoms with van der Waals surface area (Å²) < 4.78 is 5.10. The van der Waals surface area contributed by atoms with Crippen LogP contribution in [0.5, 0.6) is 0 Å². The van der Waals surface area contributed by atoms with Crippen molar-refractivity contribution >= 4 is 92.2 Å². The third-order valence-electron chi connectivity index (χ3n) is 12.2. The molecule has 0 spiro atoms. The minimum atomic E-state index is -0.240. The number of nitrogens with zero attached hydrogens (tertiary/aromatic N) is 2. The highest BCUT2D eigenvalue weighted by Crippen LogP contribution is 2.44. The Morgan fingerprint density at radius 1 is 0.614 bits per heavy atom. The Bertz CT molecular complexity index is 3410. The fraction of sp³-hybridized carbons (Fsp3) is 0.0755. The van der Waals surface area contributed by atoms with Crippen LogP contribution in [0.15, 0.2) is 174 Å². The largest absolute Gasteiger partial charge is 0.359 e. The van der Waals surface area contributed by atoms with Gasteiger partial charge >= 0.3 is 0 Å². The minimum Gasteiger partial charge on any atom is -0.359 e. The van der Waals surface area contributed by atoms with Crippen LogP contribution >= 0.6 is 11.3 Å². The molecule has 0 saturated carbocycles. The highest BCUT2D eigenvalue weighted by atomic mass is 32.1. The number of allylic oxidation sites excluding steroid dienone is 2. The third kappa shape index (κ3) is 5.07. The number of hydrogen-bond donors (Lipinski definition) is 1. The molecule has 3 nitrogen and oxygen atoms in total. The van der Waals surface area contributed by atoms with Crippen LogP contribution in [0.4, 0.5) is 0 Å². The van der Waals surface area contributed by atoms with Crippen LogP contribution in [0, 0.1) is 0 Å². The van der Waals surface area contributed by atoms with E-state index in [0.29, 0.717) is 0 Å². The van der Waals surface area contributed by atoms with Crippen molar-refractivity contribution in [2.45, 2.75) is 25.9 Å². The fourth-order valence-electron chi connectivity index (χ4n) is 9.49. The first-order valence-electron chi connectivity index (χ1n) is 19.9. The second kappa shape index (κ2) is 12.6. The maximum Gasteiger partial charge on any atom is 0.145 e. The van der Waals surface area contributed by atoms with Gasteiger partial charge in [0, 0.05) is 47.9 Å². The zero-order chi connectivity index (χ0) is 37.6. The number of aliphatic imine (C=N–C) groups is 1. The molecule has 1 aliphatic heterocycles. The second-order valence-corrected chi connectivity index (χ2v) is 16.6. The molecule has 0 bridgehead atoms. The number of para-hydroxylation sites is 1. The van der Waals surface area contributed by atoms with Gasteiger partial charge in [0.25, 0.3) is 0 Å². The van der Waals surface area contributed by atoms with Gasteiger partial charge in [-0.2, -0.15) is 0 Å². The van der Waals surface area contributed by atoms with E-state index in [1.54, 1.807) is 0 Å². The van der Waals surface area contributed by atoms with E-state index in [9.17, 15) is 0 Å². The summed E-state index contributed by atoms with van der Waals surface area (Å²) >= 11 is 1.90. The molecule has 8 aromatic carbocycles. The first-order valence-corrected chi connectivity index (χ1v) is 20.7. The number of hydrogen-bond acceptors (Lipinski definition) is 3. The van der Waals surface area contributed by atoms with Crippen LogP contribution in [0.25, 0.3) is 80.9 Å². The number of aryl methyl sites for hydroxylation is 1. The molecule has 0 radical (unpaired) electrons. The van der Waals surface area contributed by atoms with Crippen molar-refractivity contribution in [1.82, 2.24) is 9.88 Å². The van der Waals surface area contributed by atoms with Gasteiger partial charge in [0.05, 0.1) is 16.9 Å². The van der Waals surface area contributed by atoms with Crippen LogP contribution in [-0.2, 0) is 6.42 Å². The number of aromatic nitrogens is 1. The van der Waals surface area contributed by atoms with Gasteiger partial charge in [-0.15, -0.1) is 11.3 Å². The predicted molar refractivity (Wildman–Crippen MR) is 244 cm³/mol. The van der Waals surface area contributed by atoms with E-state index >= 15 is 0 Å². The molecule has 2 aromatic heterocycles. The van der Waals surface area contributed by atoms with Crippen LogP contribution in [0.3, 0.4) is 0 Å². The smallest absolute Gasteiger partial charge is 0.145 e. The van der Waals surface area contributed by atoms with Gasteiger partial charge in [-0.3, -0.25) is 4.99 Å². The minimum absolute atomic E-state index is 0.240. The quantitative estimate of drug-likeness (QED) is 0.191. The van der Waals surface area contributed by atoms with E-state index in [1.807, 2.05) is 11.3 Å². The van der Waals surface area contributed by atoms with Crippen molar-refractivity contribution in [3.63, 3.8) is 0 Å². The maximum absolute atomic E-state index is 5.45. The van der Waals surface area contributed by atoms with Crippen LogP contribution in [-0.4, -0.2) is 10.3 Å². The molecule has 57 heavy (non-hydrogen) atoms. The van der Waals surface area contributed by atoms with E-state index in [0.717, 1.165) is 41.0 Å². The second-order valence-electron chi connectivity index (χ2n) is 15.5. The molecule has 0 amide bonds. The zero-order valence-electron chi connectivity index (χ0n) is 31.5. The van der Waals surface area contributed by atoms with Crippen molar-refractivity contribution < 1.29 is 0 Å². The molecule has 3 heterocycles. The molecule has 4 heteroatoms. The third-order valence-corrected chi connectivity index (χ3v) is 13.3. The molecule has 1 atom stereocenters. The summed E-state index contributed by atoms with van der Waals surface area (Å²) in [5, 5.41) is 15.4. The summed E-state index contributed by atoms with van der Waals surface area (Å²) in [4.78, 5) is 5.45.